The van der Waals surface area contributed by atoms with Crippen molar-refractivity contribution in [2.24, 2.45) is 5.92 Å². The summed E-state index contributed by atoms with van der Waals surface area (Å²) in [7, 11) is -1.04. The summed E-state index contributed by atoms with van der Waals surface area (Å²) in [5, 5.41) is 4.36. The van der Waals surface area contributed by atoms with Gasteiger partial charge < -0.3 is 4.42 Å². The second kappa shape index (κ2) is 7.35. The second-order valence-electron chi connectivity index (χ2n) is 6.52. The molecule has 0 amide bonds. The van der Waals surface area contributed by atoms with Gasteiger partial charge in [0.2, 0.25) is 5.89 Å². The SMILES string of the molecule is CN(Cc1cccc(F)c1)Cn1nc(C[C@H]2CCS(=O)(=O)C2)oc1=S. The van der Waals surface area contributed by atoms with Crippen LogP contribution in [0.2, 0.25) is 0 Å². The highest BCUT2D eigenvalue weighted by Gasteiger charge is 2.29. The molecule has 2 aromatic rings. The highest BCUT2D eigenvalue weighted by atomic mass is 32.2. The Morgan fingerprint density at radius 2 is 2.28 bits per heavy atom. The zero-order chi connectivity index (χ0) is 18.0. The molecule has 136 valence electrons. The Morgan fingerprint density at radius 3 is 2.96 bits per heavy atom. The number of hydrogen-bond acceptors (Lipinski definition) is 6. The molecule has 0 unspecified atom stereocenters. The lowest BCUT2D eigenvalue weighted by atomic mass is 10.1. The molecule has 6 nitrogen and oxygen atoms in total. The van der Waals surface area contributed by atoms with Crippen molar-refractivity contribution >= 4 is 22.1 Å². The molecule has 1 saturated heterocycles. The summed E-state index contributed by atoms with van der Waals surface area (Å²) in [5.41, 5.74) is 0.855. The molecule has 2 heterocycles. The Balaban J connectivity index is 1.61. The van der Waals surface area contributed by atoms with Gasteiger partial charge in [-0.3, -0.25) is 4.90 Å². The van der Waals surface area contributed by atoms with E-state index in [-0.39, 0.29) is 28.1 Å². The van der Waals surface area contributed by atoms with Gasteiger partial charge in [0, 0.05) is 13.0 Å². The first kappa shape index (κ1) is 18.2. The monoisotopic (exact) mass is 385 g/mol. The Labute approximate surface area is 151 Å². The van der Waals surface area contributed by atoms with E-state index in [0.29, 0.717) is 31.9 Å². The van der Waals surface area contributed by atoms with E-state index < -0.39 is 9.84 Å². The summed E-state index contributed by atoms with van der Waals surface area (Å²) in [6.45, 7) is 0.949. The van der Waals surface area contributed by atoms with Crippen LogP contribution < -0.4 is 0 Å². The van der Waals surface area contributed by atoms with Crippen molar-refractivity contribution in [3.05, 3.63) is 46.4 Å². The standard InChI is InChI=1S/C16H20FN3O3S2/c1-19(9-12-3-2-4-14(17)7-12)11-20-16(24)23-15(18-20)8-13-5-6-25(21,22)10-13/h2-4,7,13H,5-6,8-11H2,1H3/t13-/m1/s1. The number of nitrogens with zero attached hydrogens (tertiary/aromatic N) is 3. The first-order valence-corrected chi connectivity index (χ1v) is 10.2. The van der Waals surface area contributed by atoms with Crippen LogP contribution in [0.5, 0.6) is 0 Å². The van der Waals surface area contributed by atoms with Gasteiger partial charge >= 0.3 is 0 Å². The smallest absolute Gasteiger partial charge is 0.288 e. The van der Waals surface area contributed by atoms with E-state index in [1.54, 1.807) is 10.7 Å². The minimum Gasteiger partial charge on any atom is -0.414 e. The van der Waals surface area contributed by atoms with Crippen LogP contribution in [0.15, 0.2) is 28.7 Å². The first-order chi connectivity index (χ1) is 11.8. The van der Waals surface area contributed by atoms with Crippen LogP contribution in [0.4, 0.5) is 4.39 Å². The second-order valence-corrected chi connectivity index (χ2v) is 9.10. The molecule has 1 fully saturated rings. The van der Waals surface area contributed by atoms with E-state index in [1.165, 1.54) is 12.1 Å². The van der Waals surface area contributed by atoms with Crippen molar-refractivity contribution in [3.8, 4) is 0 Å². The molecular weight excluding hydrogens is 365 g/mol. The van der Waals surface area contributed by atoms with Crippen LogP contribution in [0.3, 0.4) is 0 Å². The minimum atomic E-state index is -2.92. The van der Waals surface area contributed by atoms with Gasteiger partial charge in [-0.2, -0.15) is 0 Å². The molecular formula is C16H20FN3O3S2. The van der Waals surface area contributed by atoms with E-state index in [0.717, 1.165) is 5.56 Å². The van der Waals surface area contributed by atoms with Crippen molar-refractivity contribution in [1.29, 1.82) is 0 Å². The van der Waals surface area contributed by atoms with Crippen molar-refractivity contribution < 1.29 is 17.2 Å². The molecule has 0 saturated carbocycles. The molecule has 1 atom stereocenters. The van der Waals surface area contributed by atoms with Gasteiger partial charge in [-0.05, 0) is 49.3 Å². The summed E-state index contributed by atoms with van der Waals surface area (Å²) in [6, 6.07) is 6.43. The van der Waals surface area contributed by atoms with Crippen molar-refractivity contribution in [2.45, 2.75) is 26.1 Å². The number of hydrogen-bond donors (Lipinski definition) is 0. The highest BCUT2D eigenvalue weighted by Crippen LogP contribution is 2.22. The van der Waals surface area contributed by atoms with E-state index in [4.69, 9.17) is 16.6 Å². The molecule has 0 spiro atoms. The largest absolute Gasteiger partial charge is 0.414 e. The van der Waals surface area contributed by atoms with Crippen LogP contribution in [0.25, 0.3) is 0 Å². The average Bonchev–Trinajstić information content (AvgIpc) is 3.01. The molecule has 1 aliphatic rings. The van der Waals surface area contributed by atoms with Crippen LogP contribution in [0, 0.1) is 16.6 Å². The van der Waals surface area contributed by atoms with E-state index >= 15 is 0 Å². The Morgan fingerprint density at radius 1 is 1.48 bits per heavy atom. The van der Waals surface area contributed by atoms with Crippen molar-refractivity contribution in [3.63, 3.8) is 0 Å². The van der Waals surface area contributed by atoms with Gasteiger partial charge in [0.15, 0.2) is 9.84 Å². The fourth-order valence-corrected chi connectivity index (χ4v) is 5.08. The number of sulfone groups is 1. The van der Waals surface area contributed by atoms with Gasteiger partial charge in [0.1, 0.15) is 5.82 Å². The Kier molecular flexibility index (Phi) is 5.35. The molecule has 0 bridgehead atoms. The normalized spacial score (nSPS) is 19.6. The summed E-state index contributed by atoms with van der Waals surface area (Å²) < 4.78 is 43.4. The van der Waals surface area contributed by atoms with Gasteiger partial charge in [0.05, 0.1) is 18.2 Å². The summed E-state index contributed by atoms with van der Waals surface area (Å²) >= 11 is 5.19. The highest BCUT2D eigenvalue weighted by molar-refractivity contribution is 7.91. The average molecular weight is 385 g/mol. The lowest BCUT2D eigenvalue weighted by Gasteiger charge is -2.15. The third-order valence-electron chi connectivity index (χ3n) is 4.16. The molecule has 9 heteroatoms. The molecule has 0 radical (unpaired) electrons. The van der Waals surface area contributed by atoms with E-state index in [9.17, 15) is 12.8 Å². The summed E-state index contributed by atoms with van der Waals surface area (Å²) in [4.78, 5) is 2.19. The topological polar surface area (TPSA) is 68.3 Å². The number of halogens is 1. The maximum absolute atomic E-state index is 13.2. The third kappa shape index (κ3) is 4.96. The van der Waals surface area contributed by atoms with Gasteiger partial charge in [-0.15, -0.1) is 5.10 Å². The number of rotatable bonds is 6. The Bertz CT molecular complexity index is 907. The molecule has 1 aliphatic heterocycles. The zero-order valence-corrected chi connectivity index (χ0v) is 15.5. The van der Waals surface area contributed by atoms with Crippen LogP contribution in [-0.4, -0.2) is 41.7 Å². The molecule has 3 rings (SSSR count). The quantitative estimate of drug-likeness (QED) is 0.712. The third-order valence-corrected chi connectivity index (χ3v) is 6.29. The lowest BCUT2D eigenvalue weighted by Crippen LogP contribution is -2.22. The van der Waals surface area contributed by atoms with Gasteiger partial charge in [-0.1, -0.05) is 12.1 Å². The Hall–Kier alpha value is -1.58. The number of benzene rings is 1. The lowest BCUT2D eigenvalue weighted by molar-refractivity contribution is 0.240. The van der Waals surface area contributed by atoms with Crippen LogP contribution in [-0.2, 0) is 29.5 Å². The minimum absolute atomic E-state index is 0.0384. The molecule has 0 aliphatic carbocycles. The predicted octanol–water partition coefficient (Wildman–Crippen LogP) is 2.41. The fourth-order valence-electron chi connectivity index (χ4n) is 3.03. The van der Waals surface area contributed by atoms with Gasteiger partial charge in [-0.25, -0.2) is 17.5 Å². The maximum Gasteiger partial charge on any atom is 0.288 e. The first-order valence-electron chi connectivity index (χ1n) is 8.01. The summed E-state index contributed by atoms with van der Waals surface area (Å²) in [5.74, 6) is 0.650. The zero-order valence-electron chi connectivity index (χ0n) is 13.9. The number of aromatic nitrogens is 2. The van der Waals surface area contributed by atoms with E-state index in [2.05, 4.69) is 5.10 Å². The molecule has 1 aromatic heterocycles. The maximum atomic E-state index is 13.2. The van der Waals surface area contributed by atoms with Crippen LogP contribution >= 0.6 is 12.2 Å². The predicted molar refractivity (Wildman–Crippen MR) is 93.7 cm³/mol. The molecule has 25 heavy (non-hydrogen) atoms. The molecule has 0 N–H and O–H groups in total. The van der Waals surface area contributed by atoms with Gasteiger partial charge in [0.25, 0.3) is 4.84 Å². The summed E-state index contributed by atoms with van der Waals surface area (Å²) in [6.07, 6.45) is 1.11. The van der Waals surface area contributed by atoms with Crippen LogP contribution in [0.1, 0.15) is 17.9 Å². The van der Waals surface area contributed by atoms with Crippen molar-refractivity contribution in [1.82, 2.24) is 14.7 Å². The van der Waals surface area contributed by atoms with Crippen molar-refractivity contribution in [2.75, 3.05) is 18.6 Å². The molecule has 1 aromatic carbocycles. The fraction of sp³-hybridized carbons (Fsp3) is 0.500. The van der Waals surface area contributed by atoms with E-state index in [1.807, 2.05) is 18.0 Å².